The van der Waals surface area contributed by atoms with Crippen LogP contribution in [0.5, 0.6) is 0 Å². The van der Waals surface area contributed by atoms with E-state index in [1.54, 1.807) is 6.07 Å². The summed E-state index contributed by atoms with van der Waals surface area (Å²) in [4.78, 5) is 13.1. The highest BCUT2D eigenvalue weighted by Crippen LogP contribution is 2.38. The Morgan fingerprint density at radius 2 is 2.26 bits per heavy atom. The molecule has 2 N–H and O–H groups in total. The van der Waals surface area contributed by atoms with Crippen molar-refractivity contribution in [3.8, 4) is 0 Å². The molecule has 1 aromatic rings. The molecule has 102 valence electrons. The third-order valence-corrected chi connectivity index (χ3v) is 4.32. The molecule has 4 nitrogen and oxygen atoms in total. The van der Waals surface area contributed by atoms with Gasteiger partial charge in [0, 0.05) is 30.7 Å². The first-order valence-corrected chi connectivity index (χ1v) is 6.58. The minimum Gasteiger partial charge on any atom is -0.478 e. The van der Waals surface area contributed by atoms with Crippen molar-refractivity contribution in [2.24, 2.45) is 5.41 Å². The van der Waals surface area contributed by atoms with E-state index in [9.17, 15) is 9.18 Å². The number of carbonyl (C=O) groups is 1. The average molecular weight is 264 g/mol. The molecule has 0 bridgehead atoms. The number of hydrogen-bond donors (Lipinski definition) is 2. The van der Waals surface area contributed by atoms with Crippen LogP contribution in [-0.4, -0.2) is 37.3 Å². The van der Waals surface area contributed by atoms with Gasteiger partial charge in [-0.3, -0.25) is 0 Å². The van der Waals surface area contributed by atoms with Crippen molar-refractivity contribution >= 4 is 11.7 Å². The Labute approximate surface area is 111 Å². The van der Waals surface area contributed by atoms with Gasteiger partial charge >= 0.3 is 5.97 Å². The molecule has 2 aliphatic rings. The van der Waals surface area contributed by atoms with Gasteiger partial charge in [0.05, 0.1) is 5.56 Å². The number of anilines is 1. The number of carboxylic acid groups (broad SMARTS) is 1. The van der Waals surface area contributed by atoms with Crippen molar-refractivity contribution in [3.05, 3.63) is 29.6 Å². The van der Waals surface area contributed by atoms with Crippen LogP contribution in [0.3, 0.4) is 0 Å². The number of benzene rings is 1. The number of nitrogens with zero attached hydrogens (tertiary/aromatic N) is 1. The Balaban J connectivity index is 1.83. The van der Waals surface area contributed by atoms with Gasteiger partial charge in [-0.1, -0.05) is 0 Å². The fraction of sp³-hybridized carbons (Fsp3) is 0.500. The van der Waals surface area contributed by atoms with Gasteiger partial charge in [-0.15, -0.1) is 0 Å². The smallest absolute Gasteiger partial charge is 0.338 e. The Morgan fingerprint density at radius 1 is 1.42 bits per heavy atom. The Hall–Kier alpha value is -1.62. The number of nitrogens with one attached hydrogen (secondary N) is 1. The zero-order valence-corrected chi connectivity index (χ0v) is 10.7. The molecule has 0 amide bonds. The first kappa shape index (κ1) is 12.4. The van der Waals surface area contributed by atoms with Crippen molar-refractivity contribution in [2.45, 2.75) is 12.8 Å². The molecule has 1 unspecified atom stereocenters. The third kappa shape index (κ3) is 2.18. The molecule has 3 rings (SSSR count). The van der Waals surface area contributed by atoms with Crippen LogP contribution in [-0.2, 0) is 0 Å². The van der Waals surface area contributed by atoms with Gasteiger partial charge in [0.1, 0.15) is 5.82 Å². The van der Waals surface area contributed by atoms with Crippen LogP contribution in [0, 0.1) is 11.2 Å². The number of halogens is 1. The molecule has 1 atom stereocenters. The molecule has 2 aliphatic heterocycles. The summed E-state index contributed by atoms with van der Waals surface area (Å²) >= 11 is 0. The van der Waals surface area contributed by atoms with Gasteiger partial charge in [-0.2, -0.15) is 0 Å². The fourth-order valence-electron chi connectivity index (χ4n) is 3.17. The molecular weight excluding hydrogens is 247 g/mol. The van der Waals surface area contributed by atoms with Crippen LogP contribution in [0.2, 0.25) is 0 Å². The number of hydrogen-bond acceptors (Lipinski definition) is 3. The maximum absolute atomic E-state index is 13.4. The zero-order valence-electron chi connectivity index (χ0n) is 10.7. The quantitative estimate of drug-likeness (QED) is 0.854. The lowest BCUT2D eigenvalue weighted by atomic mass is 9.86. The summed E-state index contributed by atoms with van der Waals surface area (Å²) in [7, 11) is 0. The van der Waals surface area contributed by atoms with Crippen molar-refractivity contribution < 1.29 is 14.3 Å². The van der Waals surface area contributed by atoms with Gasteiger partial charge in [0.15, 0.2) is 0 Å². The number of rotatable bonds is 2. The van der Waals surface area contributed by atoms with Crippen molar-refractivity contribution in [1.29, 1.82) is 0 Å². The average Bonchev–Trinajstić information content (AvgIpc) is 3.01. The third-order valence-electron chi connectivity index (χ3n) is 4.32. The molecular formula is C14H17FN2O2. The molecule has 0 aliphatic carbocycles. The van der Waals surface area contributed by atoms with Gasteiger partial charge in [0.2, 0.25) is 0 Å². The molecule has 1 spiro atoms. The molecule has 2 saturated heterocycles. The molecule has 5 heteroatoms. The standard InChI is InChI=1S/C14H17FN2O2/c15-12-2-1-10(7-11(12)13(18)19)17-6-4-14(9-17)3-5-16-8-14/h1-2,7,16H,3-6,8-9H2,(H,18,19). The summed E-state index contributed by atoms with van der Waals surface area (Å²) in [6.45, 7) is 3.91. The highest BCUT2D eigenvalue weighted by Gasteiger charge is 2.40. The second kappa shape index (κ2) is 4.49. The van der Waals surface area contributed by atoms with E-state index in [-0.39, 0.29) is 5.56 Å². The maximum Gasteiger partial charge on any atom is 0.338 e. The van der Waals surface area contributed by atoms with Crippen LogP contribution in [0.4, 0.5) is 10.1 Å². The largest absolute Gasteiger partial charge is 0.478 e. The van der Waals surface area contributed by atoms with E-state index in [1.807, 2.05) is 0 Å². The number of aromatic carboxylic acids is 1. The summed E-state index contributed by atoms with van der Waals surface area (Å²) < 4.78 is 13.4. The summed E-state index contributed by atoms with van der Waals surface area (Å²) in [5, 5.41) is 12.4. The van der Waals surface area contributed by atoms with Crippen LogP contribution in [0.25, 0.3) is 0 Å². The van der Waals surface area contributed by atoms with Crippen LogP contribution >= 0.6 is 0 Å². The zero-order chi connectivity index (χ0) is 13.5. The van der Waals surface area contributed by atoms with E-state index >= 15 is 0 Å². The summed E-state index contributed by atoms with van der Waals surface area (Å²) in [6, 6.07) is 4.36. The predicted molar refractivity (Wildman–Crippen MR) is 70.1 cm³/mol. The Kier molecular flexibility index (Phi) is 2.93. The summed E-state index contributed by atoms with van der Waals surface area (Å²) in [5.74, 6) is -1.89. The Bertz CT molecular complexity index is 512. The molecule has 0 aromatic heterocycles. The maximum atomic E-state index is 13.4. The monoisotopic (exact) mass is 264 g/mol. The minimum atomic E-state index is -1.21. The van der Waals surface area contributed by atoms with Crippen molar-refractivity contribution in [2.75, 3.05) is 31.1 Å². The van der Waals surface area contributed by atoms with Crippen LogP contribution < -0.4 is 10.2 Å². The lowest BCUT2D eigenvalue weighted by molar-refractivity contribution is 0.0692. The van der Waals surface area contributed by atoms with Crippen LogP contribution in [0.15, 0.2) is 18.2 Å². The van der Waals surface area contributed by atoms with Gasteiger partial charge in [-0.25, -0.2) is 9.18 Å². The number of carboxylic acids is 1. The minimum absolute atomic E-state index is 0.247. The summed E-state index contributed by atoms with van der Waals surface area (Å²) in [5.41, 5.74) is 0.878. The van der Waals surface area contributed by atoms with E-state index in [4.69, 9.17) is 5.11 Å². The lowest BCUT2D eigenvalue weighted by Gasteiger charge is -2.24. The van der Waals surface area contributed by atoms with E-state index in [0.29, 0.717) is 5.41 Å². The van der Waals surface area contributed by atoms with Crippen molar-refractivity contribution in [1.82, 2.24) is 5.32 Å². The van der Waals surface area contributed by atoms with E-state index < -0.39 is 11.8 Å². The predicted octanol–water partition coefficient (Wildman–Crippen LogP) is 1.71. The van der Waals surface area contributed by atoms with E-state index in [1.165, 1.54) is 12.1 Å². The molecule has 0 radical (unpaired) electrons. The topological polar surface area (TPSA) is 52.6 Å². The second-order valence-corrected chi connectivity index (χ2v) is 5.57. The highest BCUT2D eigenvalue weighted by atomic mass is 19.1. The van der Waals surface area contributed by atoms with E-state index in [2.05, 4.69) is 10.2 Å². The fourth-order valence-corrected chi connectivity index (χ4v) is 3.17. The first-order valence-electron chi connectivity index (χ1n) is 6.58. The highest BCUT2D eigenvalue weighted by molar-refractivity contribution is 5.89. The van der Waals surface area contributed by atoms with Gasteiger partial charge < -0.3 is 15.3 Å². The SMILES string of the molecule is O=C(O)c1cc(N2CCC3(CCNC3)C2)ccc1F. The lowest BCUT2D eigenvalue weighted by Crippen LogP contribution is -2.29. The normalized spacial score (nSPS) is 26.3. The van der Waals surface area contributed by atoms with E-state index in [0.717, 1.165) is 44.7 Å². The van der Waals surface area contributed by atoms with Gasteiger partial charge in [0.25, 0.3) is 0 Å². The van der Waals surface area contributed by atoms with Crippen molar-refractivity contribution in [3.63, 3.8) is 0 Å². The molecule has 2 heterocycles. The summed E-state index contributed by atoms with van der Waals surface area (Å²) in [6.07, 6.45) is 2.27. The second-order valence-electron chi connectivity index (χ2n) is 5.57. The Morgan fingerprint density at radius 3 is 2.95 bits per heavy atom. The molecule has 0 saturated carbocycles. The first-order chi connectivity index (χ1) is 9.10. The molecule has 2 fully saturated rings. The van der Waals surface area contributed by atoms with Crippen LogP contribution in [0.1, 0.15) is 23.2 Å². The molecule has 19 heavy (non-hydrogen) atoms. The van der Waals surface area contributed by atoms with Gasteiger partial charge in [-0.05, 0) is 37.6 Å². The molecule has 1 aromatic carbocycles.